The largest absolute Gasteiger partial charge is 0.389 e. The second-order valence-electron chi connectivity index (χ2n) is 5.05. The molecular formula is C17H22N2O. The van der Waals surface area contributed by atoms with Crippen molar-refractivity contribution in [2.75, 3.05) is 11.4 Å². The molecule has 2 rings (SSSR count). The van der Waals surface area contributed by atoms with E-state index < -0.39 is 6.10 Å². The molecule has 1 aromatic carbocycles. The predicted octanol–water partition coefficient (Wildman–Crippen LogP) is 3.47. The van der Waals surface area contributed by atoms with Gasteiger partial charge in [0.15, 0.2) is 0 Å². The van der Waals surface area contributed by atoms with Gasteiger partial charge in [-0.25, -0.2) is 0 Å². The number of nitrogens with zero attached hydrogens (tertiary/aromatic N) is 2. The van der Waals surface area contributed by atoms with Crippen molar-refractivity contribution in [1.29, 1.82) is 0 Å². The highest BCUT2D eigenvalue weighted by Crippen LogP contribution is 2.20. The summed E-state index contributed by atoms with van der Waals surface area (Å²) in [5.41, 5.74) is 4.22. The Hall–Kier alpha value is -1.87. The first-order valence-corrected chi connectivity index (χ1v) is 7.05. The molecule has 0 saturated carbocycles. The van der Waals surface area contributed by atoms with Crippen molar-refractivity contribution in [2.24, 2.45) is 0 Å². The Morgan fingerprint density at radius 3 is 2.40 bits per heavy atom. The number of aromatic nitrogens is 1. The van der Waals surface area contributed by atoms with Crippen LogP contribution in [0.25, 0.3) is 0 Å². The molecule has 1 unspecified atom stereocenters. The van der Waals surface area contributed by atoms with Crippen LogP contribution in [-0.2, 0) is 6.54 Å². The predicted molar refractivity (Wildman–Crippen MR) is 82.8 cm³/mol. The Bertz CT molecular complexity index is 549. The first kappa shape index (κ1) is 14.5. The SMILES string of the molecule is CCN(Cc1cccc(C)n1)c1ccc(C(C)O)cc1. The van der Waals surface area contributed by atoms with Crippen LogP contribution in [0.15, 0.2) is 42.5 Å². The minimum absolute atomic E-state index is 0.419. The van der Waals surface area contributed by atoms with Gasteiger partial charge in [-0.2, -0.15) is 0 Å². The van der Waals surface area contributed by atoms with E-state index in [2.05, 4.69) is 35.0 Å². The highest BCUT2D eigenvalue weighted by molar-refractivity contribution is 5.48. The van der Waals surface area contributed by atoms with Crippen molar-refractivity contribution >= 4 is 5.69 Å². The lowest BCUT2D eigenvalue weighted by Crippen LogP contribution is -2.22. The zero-order chi connectivity index (χ0) is 14.5. The van der Waals surface area contributed by atoms with E-state index in [0.717, 1.165) is 35.7 Å². The summed E-state index contributed by atoms with van der Waals surface area (Å²) >= 11 is 0. The van der Waals surface area contributed by atoms with Gasteiger partial charge < -0.3 is 10.0 Å². The van der Waals surface area contributed by atoms with Gasteiger partial charge in [0.25, 0.3) is 0 Å². The van der Waals surface area contributed by atoms with E-state index in [1.165, 1.54) is 0 Å². The van der Waals surface area contributed by atoms with Crippen LogP contribution >= 0.6 is 0 Å². The van der Waals surface area contributed by atoms with E-state index >= 15 is 0 Å². The lowest BCUT2D eigenvalue weighted by atomic mass is 10.1. The first-order chi connectivity index (χ1) is 9.60. The highest BCUT2D eigenvalue weighted by Gasteiger charge is 2.07. The van der Waals surface area contributed by atoms with Crippen LogP contribution in [0.2, 0.25) is 0 Å². The third kappa shape index (κ3) is 3.58. The normalized spacial score (nSPS) is 12.2. The summed E-state index contributed by atoms with van der Waals surface area (Å²) in [6.07, 6.45) is -0.419. The molecule has 2 aromatic rings. The number of rotatable bonds is 5. The summed E-state index contributed by atoms with van der Waals surface area (Å²) in [7, 11) is 0. The number of pyridine rings is 1. The maximum atomic E-state index is 9.55. The molecule has 0 amide bonds. The number of hydrogen-bond acceptors (Lipinski definition) is 3. The maximum absolute atomic E-state index is 9.55. The van der Waals surface area contributed by atoms with Gasteiger partial charge in [-0.05, 0) is 50.6 Å². The molecule has 3 heteroatoms. The topological polar surface area (TPSA) is 36.4 Å². The van der Waals surface area contributed by atoms with Gasteiger partial charge in [-0.3, -0.25) is 4.98 Å². The number of anilines is 1. The van der Waals surface area contributed by atoms with E-state index in [1.54, 1.807) is 6.92 Å². The van der Waals surface area contributed by atoms with Crippen LogP contribution in [0.3, 0.4) is 0 Å². The molecule has 1 N–H and O–H groups in total. The van der Waals surface area contributed by atoms with Crippen LogP contribution in [-0.4, -0.2) is 16.6 Å². The van der Waals surface area contributed by atoms with Gasteiger partial charge in [0.05, 0.1) is 18.3 Å². The van der Waals surface area contributed by atoms with Crippen molar-refractivity contribution in [3.8, 4) is 0 Å². The van der Waals surface area contributed by atoms with E-state index in [-0.39, 0.29) is 0 Å². The van der Waals surface area contributed by atoms with E-state index in [0.29, 0.717) is 0 Å². The summed E-state index contributed by atoms with van der Waals surface area (Å²) in [6.45, 7) is 7.65. The number of hydrogen-bond donors (Lipinski definition) is 1. The van der Waals surface area contributed by atoms with Crippen LogP contribution in [0.1, 0.15) is 36.9 Å². The van der Waals surface area contributed by atoms with Gasteiger partial charge >= 0.3 is 0 Å². The lowest BCUT2D eigenvalue weighted by Gasteiger charge is -2.23. The molecule has 106 valence electrons. The summed E-state index contributed by atoms with van der Waals surface area (Å²) in [5, 5.41) is 9.55. The summed E-state index contributed by atoms with van der Waals surface area (Å²) in [6, 6.07) is 14.2. The Kier molecular flexibility index (Phi) is 4.74. The number of benzene rings is 1. The molecule has 0 bridgehead atoms. The summed E-state index contributed by atoms with van der Waals surface area (Å²) in [5.74, 6) is 0. The molecule has 0 aliphatic carbocycles. The lowest BCUT2D eigenvalue weighted by molar-refractivity contribution is 0.199. The van der Waals surface area contributed by atoms with E-state index in [4.69, 9.17) is 0 Å². The quantitative estimate of drug-likeness (QED) is 0.903. The third-order valence-corrected chi connectivity index (χ3v) is 3.42. The minimum Gasteiger partial charge on any atom is -0.389 e. The first-order valence-electron chi connectivity index (χ1n) is 7.05. The van der Waals surface area contributed by atoms with Crippen molar-refractivity contribution in [3.63, 3.8) is 0 Å². The van der Waals surface area contributed by atoms with Crippen LogP contribution < -0.4 is 4.90 Å². The van der Waals surface area contributed by atoms with Crippen LogP contribution in [0, 0.1) is 6.92 Å². The van der Waals surface area contributed by atoms with Gasteiger partial charge in [-0.1, -0.05) is 18.2 Å². The maximum Gasteiger partial charge on any atom is 0.0761 e. The zero-order valence-electron chi connectivity index (χ0n) is 12.4. The monoisotopic (exact) mass is 270 g/mol. The molecule has 3 nitrogen and oxygen atoms in total. The standard InChI is InChI=1S/C17H22N2O/c1-4-19(12-16-7-5-6-13(2)18-16)17-10-8-15(9-11-17)14(3)20/h5-11,14,20H,4,12H2,1-3H3. The number of aliphatic hydroxyl groups is 1. The molecule has 1 atom stereocenters. The fourth-order valence-corrected chi connectivity index (χ4v) is 2.23. The summed E-state index contributed by atoms with van der Waals surface area (Å²) in [4.78, 5) is 6.82. The van der Waals surface area contributed by atoms with Crippen molar-refractivity contribution < 1.29 is 5.11 Å². The molecule has 0 saturated heterocycles. The fourth-order valence-electron chi connectivity index (χ4n) is 2.23. The molecule has 0 radical (unpaired) electrons. The van der Waals surface area contributed by atoms with E-state index in [9.17, 15) is 5.11 Å². The Labute approximate surface area is 120 Å². The molecular weight excluding hydrogens is 248 g/mol. The van der Waals surface area contributed by atoms with Gasteiger partial charge in [-0.15, -0.1) is 0 Å². The number of aliphatic hydroxyl groups excluding tert-OH is 1. The van der Waals surface area contributed by atoms with Gasteiger partial charge in [0.1, 0.15) is 0 Å². The van der Waals surface area contributed by atoms with Crippen LogP contribution in [0.4, 0.5) is 5.69 Å². The molecule has 0 fully saturated rings. The van der Waals surface area contributed by atoms with Crippen LogP contribution in [0.5, 0.6) is 0 Å². The average Bonchev–Trinajstić information content (AvgIpc) is 2.45. The summed E-state index contributed by atoms with van der Waals surface area (Å²) < 4.78 is 0. The van der Waals surface area contributed by atoms with Gasteiger partial charge in [0, 0.05) is 17.9 Å². The molecule has 20 heavy (non-hydrogen) atoms. The highest BCUT2D eigenvalue weighted by atomic mass is 16.3. The third-order valence-electron chi connectivity index (χ3n) is 3.42. The molecule has 0 spiro atoms. The molecule has 1 aromatic heterocycles. The zero-order valence-corrected chi connectivity index (χ0v) is 12.4. The molecule has 0 aliphatic heterocycles. The average molecular weight is 270 g/mol. The molecule has 0 aliphatic rings. The second-order valence-corrected chi connectivity index (χ2v) is 5.05. The minimum atomic E-state index is -0.419. The van der Waals surface area contributed by atoms with Gasteiger partial charge in [0.2, 0.25) is 0 Å². The number of aryl methyl sites for hydroxylation is 1. The fraction of sp³-hybridized carbons (Fsp3) is 0.353. The van der Waals surface area contributed by atoms with Crippen molar-refractivity contribution in [2.45, 2.75) is 33.4 Å². The van der Waals surface area contributed by atoms with Crippen molar-refractivity contribution in [1.82, 2.24) is 4.98 Å². The smallest absolute Gasteiger partial charge is 0.0761 e. The van der Waals surface area contributed by atoms with Crippen molar-refractivity contribution in [3.05, 3.63) is 59.4 Å². The van der Waals surface area contributed by atoms with E-state index in [1.807, 2.05) is 31.2 Å². The molecule has 1 heterocycles. The Morgan fingerprint density at radius 2 is 1.85 bits per heavy atom. The Morgan fingerprint density at radius 1 is 1.15 bits per heavy atom. The second kappa shape index (κ2) is 6.53. The Balaban J connectivity index is 2.15.